The summed E-state index contributed by atoms with van der Waals surface area (Å²) in [6.07, 6.45) is 7.76. The van der Waals surface area contributed by atoms with Gasteiger partial charge in [0.05, 0.1) is 6.61 Å². The first-order chi connectivity index (χ1) is 12.8. The molecule has 0 heterocycles. The quantitative estimate of drug-likeness (QED) is 0.629. The number of benzene rings is 1. The lowest BCUT2D eigenvalue weighted by Crippen LogP contribution is -2.31. The molecule has 27 heavy (non-hydrogen) atoms. The van der Waals surface area contributed by atoms with E-state index >= 15 is 0 Å². The fraction of sp³-hybridized carbons (Fsp3) is 0.550. The van der Waals surface area contributed by atoms with Crippen LogP contribution in [0.15, 0.2) is 34.7 Å². The van der Waals surface area contributed by atoms with Gasteiger partial charge in [-0.15, -0.1) is 0 Å². The van der Waals surface area contributed by atoms with Crippen LogP contribution >= 0.6 is 0 Å². The molecule has 2 N–H and O–H groups in total. The third-order valence-electron chi connectivity index (χ3n) is 4.30. The van der Waals surface area contributed by atoms with Crippen molar-refractivity contribution in [3.05, 3.63) is 35.4 Å². The lowest BCUT2D eigenvalue weighted by Gasteiger charge is -2.15. The van der Waals surface area contributed by atoms with E-state index in [-0.39, 0.29) is 22.6 Å². The van der Waals surface area contributed by atoms with Crippen molar-refractivity contribution in [2.24, 2.45) is 0 Å². The molecule has 2 rings (SSSR count). The SMILES string of the molecule is CCOc1ccc(C(=O)NCCC2=CCCCC2)cc1S(=O)(=O)NC(C)C. The van der Waals surface area contributed by atoms with Gasteiger partial charge >= 0.3 is 0 Å². The maximum Gasteiger partial charge on any atom is 0.251 e. The monoisotopic (exact) mass is 394 g/mol. The van der Waals surface area contributed by atoms with Gasteiger partial charge in [-0.2, -0.15) is 0 Å². The Morgan fingerprint density at radius 1 is 1.26 bits per heavy atom. The van der Waals surface area contributed by atoms with Crippen molar-refractivity contribution in [1.82, 2.24) is 10.0 Å². The number of hydrogen-bond acceptors (Lipinski definition) is 4. The fourth-order valence-corrected chi connectivity index (χ4v) is 4.50. The van der Waals surface area contributed by atoms with Crippen LogP contribution in [0.3, 0.4) is 0 Å². The first kappa shape index (κ1) is 21.4. The highest BCUT2D eigenvalue weighted by Crippen LogP contribution is 2.26. The molecule has 1 amide bonds. The zero-order valence-electron chi connectivity index (χ0n) is 16.4. The number of hydrogen-bond donors (Lipinski definition) is 2. The molecule has 7 heteroatoms. The van der Waals surface area contributed by atoms with E-state index < -0.39 is 10.0 Å². The van der Waals surface area contributed by atoms with Gasteiger partial charge in [0, 0.05) is 18.2 Å². The average Bonchev–Trinajstić information content (AvgIpc) is 2.62. The number of sulfonamides is 1. The molecule has 0 saturated carbocycles. The Balaban J connectivity index is 2.13. The van der Waals surface area contributed by atoms with Crippen LogP contribution in [0.1, 0.15) is 63.2 Å². The second-order valence-corrected chi connectivity index (χ2v) is 8.67. The minimum atomic E-state index is -3.77. The zero-order chi connectivity index (χ0) is 19.9. The highest BCUT2D eigenvalue weighted by molar-refractivity contribution is 7.89. The van der Waals surface area contributed by atoms with Crippen LogP contribution < -0.4 is 14.8 Å². The third kappa shape index (κ3) is 6.36. The second-order valence-electron chi connectivity index (χ2n) is 6.98. The lowest BCUT2D eigenvalue weighted by molar-refractivity contribution is 0.0953. The van der Waals surface area contributed by atoms with Crippen LogP contribution in [0.5, 0.6) is 5.75 Å². The molecule has 150 valence electrons. The van der Waals surface area contributed by atoms with E-state index in [2.05, 4.69) is 16.1 Å². The number of nitrogens with one attached hydrogen (secondary N) is 2. The van der Waals surface area contributed by atoms with Crippen LogP contribution in [-0.2, 0) is 10.0 Å². The molecular formula is C20H30N2O4S. The topological polar surface area (TPSA) is 84.5 Å². The first-order valence-corrected chi connectivity index (χ1v) is 11.1. The molecule has 1 aromatic rings. The molecule has 1 aliphatic carbocycles. The van der Waals surface area contributed by atoms with Crippen molar-refractivity contribution in [1.29, 1.82) is 0 Å². The van der Waals surface area contributed by atoms with E-state index in [9.17, 15) is 13.2 Å². The Morgan fingerprint density at radius 2 is 2.04 bits per heavy atom. The molecule has 1 aliphatic rings. The van der Waals surface area contributed by atoms with Crippen molar-refractivity contribution >= 4 is 15.9 Å². The molecule has 0 saturated heterocycles. The van der Waals surface area contributed by atoms with Gasteiger partial charge in [0.25, 0.3) is 5.91 Å². The van der Waals surface area contributed by atoms with Crippen LogP contribution in [0.25, 0.3) is 0 Å². The fourth-order valence-electron chi connectivity index (χ4n) is 3.08. The van der Waals surface area contributed by atoms with Gasteiger partial charge < -0.3 is 10.1 Å². The molecule has 0 bridgehead atoms. The van der Waals surface area contributed by atoms with Gasteiger partial charge in [-0.1, -0.05) is 11.6 Å². The number of carbonyl (C=O) groups is 1. The van der Waals surface area contributed by atoms with E-state index in [1.165, 1.54) is 30.5 Å². The van der Waals surface area contributed by atoms with Crippen LogP contribution in [0, 0.1) is 0 Å². The van der Waals surface area contributed by atoms with Crippen molar-refractivity contribution < 1.29 is 17.9 Å². The lowest BCUT2D eigenvalue weighted by atomic mass is 9.97. The maximum atomic E-state index is 12.6. The van der Waals surface area contributed by atoms with Crippen molar-refractivity contribution in [3.63, 3.8) is 0 Å². The molecule has 0 fully saturated rings. The average molecular weight is 395 g/mol. The van der Waals surface area contributed by atoms with Crippen molar-refractivity contribution in [2.45, 2.75) is 63.8 Å². The summed E-state index contributed by atoms with van der Waals surface area (Å²) in [4.78, 5) is 12.5. The number of ether oxygens (including phenoxy) is 1. The highest BCUT2D eigenvalue weighted by atomic mass is 32.2. The second kappa shape index (κ2) is 9.90. The minimum absolute atomic E-state index is 0.0133. The van der Waals surface area contributed by atoms with Crippen LogP contribution in [0.2, 0.25) is 0 Å². The Morgan fingerprint density at radius 3 is 2.67 bits per heavy atom. The van der Waals surface area contributed by atoms with E-state index in [1.54, 1.807) is 26.8 Å². The van der Waals surface area contributed by atoms with Crippen LogP contribution in [-0.4, -0.2) is 33.5 Å². The summed E-state index contributed by atoms with van der Waals surface area (Å²) in [6, 6.07) is 4.25. The normalized spacial score (nSPS) is 14.7. The zero-order valence-corrected chi connectivity index (χ0v) is 17.2. The number of rotatable bonds is 9. The standard InChI is InChI=1S/C20H30N2O4S/c1-4-26-18-11-10-17(14-19(18)27(24,25)22-15(2)3)20(23)21-13-12-16-8-6-5-7-9-16/h8,10-11,14-15,22H,4-7,9,12-13H2,1-3H3,(H,21,23). The maximum absolute atomic E-state index is 12.6. The molecule has 0 aromatic heterocycles. The Kier molecular flexibility index (Phi) is 7.86. The van der Waals surface area contributed by atoms with Gasteiger partial charge in [-0.25, -0.2) is 13.1 Å². The predicted molar refractivity (Wildman–Crippen MR) is 107 cm³/mol. The largest absolute Gasteiger partial charge is 0.492 e. The molecule has 0 aliphatic heterocycles. The summed E-state index contributed by atoms with van der Waals surface area (Å²) in [5.41, 5.74) is 1.69. The summed E-state index contributed by atoms with van der Waals surface area (Å²) in [5, 5.41) is 2.88. The summed E-state index contributed by atoms with van der Waals surface area (Å²) in [5.74, 6) is -0.0370. The summed E-state index contributed by atoms with van der Waals surface area (Å²) in [6.45, 7) is 6.16. The Bertz CT molecular complexity index is 785. The van der Waals surface area contributed by atoms with E-state index in [0.717, 1.165) is 19.3 Å². The number of allylic oxidation sites excluding steroid dienone is 1. The Hall–Kier alpha value is -1.86. The number of carbonyl (C=O) groups excluding carboxylic acids is 1. The van der Waals surface area contributed by atoms with E-state index in [1.807, 2.05) is 0 Å². The molecule has 0 unspecified atom stereocenters. The van der Waals surface area contributed by atoms with E-state index in [4.69, 9.17) is 4.74 Å². The van der Waals surface area contributed by atoms with Crippen molar-refractivity contribution in [2.75, 3.05) is 13.2 Å². The number of amides is 1. The molecule has 1 aromatic carbocycles. The third-order valence-corrected chi connectivity index (χ3v) is 5.98. The minimum Gasteiger partial charge on any atom is -0.492 e. The summed E-state index contributed by atoms with van der Waals surface area (Å²) >= 11 is 0. The van der Waals surface area contributed by atoms with Gasteiger partial charge in [0.15, 0.2) is 0 Å². The highest BCUT2D eigenvalue weighted by Gasteiger charge is 2.22. The molecule has 6 nitrogen and oxygen atoms in total. The van der Waals surface area contributed by atoms with Gasteiger partial charge in [-0.3, -0.25) is 4.79 Å². The Labute approximate surface area is 162 Å². The molecular weight excluding hydrogens is 364 g/mol. The molecule has 0 atom stereocenters. The first-order valence-electron chi connectivity index (χ1n) is 9.58. The van der Waals surface area contributed by atoms with Gasteiger partial charge in [0.1, 0.15) is 10.6 Å². The van der Waals surface area contributed by atoms with Gasteiger partial charge in [-0.05, 0) is 71.1 Å². The van der Waals surface area contributed by atoms with Crippen LogP contribution in [0.4, 0.5) is 0 Å². The molecule has 0 radical (unpaired) electrons. The van der Waals surface area contributed by atoms with Gasteiger partial charge in [0.2, 0.25) is 10.0 Å². The molecule has 0 spiro atoms. The van der Waals surface area contributed by atoms with E-state index in [0.29, 0.717) is 18.7 Å². The summed E-state index contributed by atoms with van der Waals surface area (Å²) in [7, 11) is -3.77. The van der Waals surface area contributed by atoms with Crippen molar-refractivity contribution in [3.8, 4) is 5.75 Å². The smallest absolute Gasteiger partial charge is 0.251 e. The summed E-state index contributed by atoms with van der Waals surface area (Å²) < 4.78 is 33.2. The predicted octanol–water partition coefficient (Wildman–Crippen LogP) is 3.39.